The zero-order chi connectivity index (χ0) is 17.6. The van der Waals surface area contributed by atoms with E-state index in [2.05, 4.69) is 5.32 Å². The van der Waals surface area contributed by atoms with Crippen LogP contribution in [0.2, 0.25) is 5.02 Å². The Morgan fingerprint density at radius 3 is 2.65 bits per heavy atom. The van der Waals surface area contributed by atoms with E-state index in [0.29, 0.717) is 5.56 Å². The second-order valence-electron chi connectivity index (χ2n) is 6.08. The van der Waals surface area contributed by atoms with Crippen LogP contribution in [-0.2, 0) is 4.74 Å². The van der Waals surface area contributed by atoms with Crippen LogP contribution in [0.25, 0.3) is 0 Å². The van der Waals surface area contributed by atoms with E-state index in [4.69, 9.17) is 21.6 Å². The summed E-state index contributed by atoms with van der Waals surface area (Å²) < 4.78 is 5.06. The highest BCUT2D eigenvalue weighted by Gasteiger charge is 2.22. The van der Waals surface area contributed by atoms with Crippen molar-refractivity contribution in [3.63, 3.8) is 0 Å². The van der Waals surface area contributed by atoms with Crippen molar-refractivity contribution in [1.29, 1.82) is 5.26 Å². The molecule has 0 bridgehead atoms. The van der Waals surface area contributed by atoms with E-state index >= 15 is 0 Å². The number of hydrogen-bond donors (Lipinski definition) is 3. The Morgan fingerprint density at radius 2 is 2.09 bits per heavy atom. The molecule has 1 amide bonds. The van der Waals surface area contributed by atoms with Crippen LogP contribution >= 0.6 is 11.6 Å². The summed E-state index contributed by atoms with van der Waals surface area (Å²) >= 11 is 5.98. The molecule has 1 aromatic rings. The maximum absolute atomic E-state index is 11.5. The number of benzene rings is 1. The monoisotopic (exact) mass is 340 g/mol. The summed E-state index contributed by atoms with van der Waals surface area (Å²) in [6, 6.07) is 6.38. The molecule has 7 heteroatoms. The number of carbonyl (C=O) groups is 1. The molecule has 0 aromatic heterocycles. The molecule has 0 aliphatic carbocycles. The number of hydrogen-bond acceptors (Lipinski definition) is 5. The Labute approximate surface area is 140 Å². The van der Waals surface area contributed by atoms with E-state index in [1.807, 2.05) is 6.07 Å². The predicted octanol–water partition coefficient (Wildman–Crippen LogP) is 2.52. The Hall–Kier alpha value is -1.81. The molecule has 126 valence electrons. The highest BCUT2D eigenvalue weighted by molar-refractivity contribution is 6.31. The SMILES string of the molecule is CC(C)(C)OC(=O)NCCC(O)C(O)c1cc(C#N)ccc1Cl. The first-order valence-electron chi connectivity index (χ1n) is 7.16. The third-order valence-electron chi connectivity index (χ3n) is 2.92. The third kappa shape index (κ3) is 6.45. The fraction of sp³-hybridized carbons (Fsp3) is 0.500. The van der Waals surface area contributed by atoms with Gasteiger partial charge in [-0.15, -0.1) is 0 Å². The third-order valence-corrected chi connectivity index (χ3v) is 3.26. The van der Waals surface area contributed by atoms with Crippen molar-refractivity contribution in [2.24, 2.45) is 0 Å². The quantitative estimate of drug-likeness (QED) is 0.764. The summed E-state index contributed by atoms with van der Waals surface area (Å²) in [5.74, 6) is 0. The van der Waals surface area contributed by atoms with Crippen LogP contribution in [0.4, 0.5) is 4.79 Å². The maximum atomic E-state index is 11.5. The highest BCUT2D eigenvalue weighted by atomic mass is 35.5. The van der Waals surface area contributed by atoms with Crippen LogP contribution in [0.1, 0.15) is 44.4 Å². The van der Waals surface area contributed by atoms with E-state index in [9.17, 15) is 15.0 Å². The fourth-order valence-corrected chi connectivity index (χ4v) is 2.07. The minimum absolute atomic E-state index is 0.105. The molecule has 3 N–H and O–H groups in total. The Balaban J connectivity index is 2.57. The number of nitrogens with zero attached hydrogens (tertiary/aromatic N) is 1. The molecule has 0 radical (unpaired) electrons. The number of nitrogens with one attached hydrogen (secondary N) is 1. The maximum Gasteiger partial charge on any atom is 0.407 e. The van der Waals surface area contributed by atoms with Crippen molar-refractivity contribution in [3.05, 3.63) is 34.3 Å². The number of amides is 1. The van der Waals surface area contributed by atoms with Crippen molar-refractivity contribution < 1.29 is 19.7 Å². The topological polar surface area (TPSA) is 103 Å². The van der Waals surface area contributed by atoms with Gasteiger partial charge >= 0.3 is 6.09 Å². The molecule has 1 aromatic carbocycles. The molecule has 0 saturated heterocycles. The molecule has 1 rings (SSSR count). The zero-order valence-corrected chi connectivity index (χ0v) is 14.1. The summed E-state index contributed by atoms with van der Waals surface area (Å²) in [6.45, 7) is 5.36. The average molecular weight is 341 g/mol. The number of aliphatic hydroxyl groups excluding tert-OH is 2. The van der Waals surface area contributed by atoms with Gasteiger partial charge in [-0.2, -0.15) is 5.26 Å². The summed E-state index contributed by atoms with van der Waals surface area (Å²) in [6.07, 6.45) is -2.88. The van der Waals surface area contributed by atoms with Crippen molar-refractivity contribution in [2.45, 2.75) is 45.0 Å². The summed E-state index contributed by atoms with van der Waals surface area (Å²) in [7, 11) is 0. The molecule has 23 heavy (non-hydrogen) atoms. The fourth-order valence-electron chi connectivity index (χ4n) is 1.84. The number of nitriles is 1. The van der Waals surface area contributed by atoms with Crippen LogP contribution in [0.5, 0.6) is 0 Å². The average Bonchev–Trinajstić information content (AvgIpc) is 2.45. The zero-order valence-electron chi connectivity index (χ0n) is 13.3. The van der Waals surface area contributed by atoms with Crippen molar-refractivity contribution in [1.82, 2.24) is 5.32 Å². The first-order chi connectivity index (χ1) is 10.6. The van der Waals surface area contributed by atoms with Gasteiger partial charge < -0.3 is 20.3 Å². The molecule has 0 heterocycles. The second-order valence-corrected chi connectivity index (χ2v) is 6.48. The number of alkyl carbamates (subject to hydrolysis) is 1. The van der Waals surface area contributed by atoms with Gasteiger partial charge in [0, 0.05) is 17.1 Å². The summed E-state index contributed by atoms with van der Waals surface area (Å²) in [5.41, 5.74) is 0.00558. The van der Waals surface area contributed by atoms with Crippen LogP contribution < -0.4 is 5.32 Å². The molecule has 6 nitrogen and oxygen atoms in total. The molecule has 2 atom stereocenters. The number of rotatable bonds is 5. The number of ether oxygens (including phenoxy) is 1. The van der Waals surface area contributed by atoms with Gasteiger partial charge in [0.05, 0.1) is 17.7 Å². The van der Waals surface area contributed by atoms with Gasteiger partial charge in [-0.05, 0) is 45.4 Å². The first-order valence-corrected chi connectivity index (χ1v) is 7.54. The van der Waals surface area contributed by atoms with Crippen molar-refractivity contribution >= 4 is 17.7 Å². The van der Waals surface area contributed by atoms with Gasteiger partial charge in [-0.3, -0.25) is 0 Å². The second kappa shape index (κ2) is 8.16. The smallest absolute Gasteiger partial charge is 0.407 e. The van der Waals surface area contributed by atoms with Gasteiger partial charge in [0.25, 0.3) is 0 Å². The van der Waals surface area contributed by atoms with Gasteiger partial charge in [-0.25, -0.2) is 4.79 Å². The van der Waals surface area contributed by atoms with E-state index in [-0.39, 0.29) is 23.6 Å². The Morgan fingerprint density at radius 1 is 1.43 bits per heavy atom. The normalized spacial score (nSPS) is 13.8. The molecule has 0 spiro atoms. The number of aliphatic hydroxyl groups is 2. The van der Waals surface area contributed by atoms with Crippen LogP contribution in [0, 0.1) is 11.3 Å². The van der Waals surface area contributed by atoms with E-state index < -0.39 is 23.9 Å². The molecule has 0 aliphatic rings. The molecular formula is C16H21ClN2O4. The summed E-state index contributed by atoms with van der Waals surface area (Å²) in [5, 5.41) is 31.8. The lowest BCUT2D eigenvalue weighted by molar-refractivity contribution is 0.0123. The standard InChI is InChI=1S/C16H21ClN2O4/c1-16(2,3)23-15(22)19-7-6-13(20)14(21)11-8-10(9-18)4-5-12(11)17/h4-5,8,13-14,20-21H,6-7H2,1-3H3,(H,19,22). The van der Waals surface area contributed by atoms with Gasteiger partial charge in [0.2, 0.25) is 0 Å². The van der Waals surface area contributed by atoms with Crippen LogP contribution in [-0.4, -0.2) is 34.6 Å². The van der Waals surface area contributed by atoms with Gasteiger partial charge in [-0.1, -0.05) is 11.6 Å². The lowest BCUT2D eigenvalue weighted by atomic mass is 10.0. The van der Waals surface area contributed by atoms with Crippen LogP contribution in [0.15, 0.2) is 18.2 Å². The van der Waals surface area contributed by atoms with Crippen molar-refractivity contribution in [3.8, 4) is 6.07 Å². The predicted molar refractivity (Wildman–Crippen MR) is 86.0 cm³/mol. The molecule has 2 unspecified atom stereocenters. The largest absolute Gasteiger partial charge is 0.444 e. The number of halogens is 1. The lowest BCUT2D eigenvalue weighted by Crippen LogP contribution is -2.34. The Bertz CT molecular complexity index is 593. The van der Waals surface area contributed by atoms with E-state index in [1.54, 1.807) is 20.8 Å². The highest BCUT2D eigenvalue weighted by Crippen LogP contribution is 2.27. The van der Waals surface area contributed by atoms with Crippen molar-refractivity contribution in [2.75, 3.05) is 6.54 Å². The Kier molecular flexibility index (Phi) is 6.82. The van der Waals surface area contributed by atoms with Gasteiger partial charge in [0.1, 0.15) is 11.7 Å². The molecular weight excluding hydrogens is 320 g/mol. The lowest BCUT2D eigenvalue weighted by Gasteiger charge is -2.21. The van der Waals surface area contributed by atoms with E-state index in [1.165, 1.54) is 18.2 Å². The first kappa shape index (κ1) is 19.2. The molecule has 0 fully saturated rings. The molecule has 0 aliphatic heterocycles. The van der Waals surface area contributed by atoms with Gasteiger partial charge in [0.15, 0.2) is 0 Å². The summed E-state index contributed by atoms with van der Waals surface area (Å²) in [4.78, 5) is 11.5. The minimum atomic E-state index is -1.25. The minimum Gasteiger partial charge on any atom is -0.444 e. The van der Waals surface area contributed by atoms with Crippen LogP contribution in [0.3, 0.4) is 0 Å². The molecule has 0 saturated carbocycles. The number of carbonyl (C=O) groups excluding carboxylic acids is 1. The van der Waals surface area contributed by atoms with E-state index in [0.717, 1.165) is 0 Å².